The van der Waals surface area contributed by atoms with Crippen LogP contribution in [0.5, 0.6) is 23.0 Å². The predicted octanol–water partition coefficient (Wildman–Crippen LogP) is 2.93. The number of hydrogen-bond donors (Lipinski definition) is 0. The molecule has 0 saturated heterocycles. The molecule has 5 nitrogen and oxygen atoms in total. The lowest BCUT2D eigenvalue weighted by atomic mass is 10.2. The van der Waals surface area contributed by atoms with Gasteiger partial charge in [-0.1, -0.05) is 0 Å². The Morgan fingerprint density at radius 3 is 1.95 bits per heavy atom. The first-order valence-corrected chi connectivity index (χ1v) is 6.26. The summed E-state index contributed by atoms with van der Waals surface area (Å²) >= 11 is 0. The minimum atomic E-state index is -0.454. The molecule has 2 aromatic carbocycles. The Kier molecular flexibility index (Phi) is 4.66. The second kappa shape index (κ2) is 6.65. The lowest BCUT2D eigenvalue weighted by molar-refractivity contribution is 0.0734. The summed E-state index contributed by atoms with van der Waals surface area (Å²) in [4.78, 5) is 12.0. The number of methoxy groups -OCH3 is 3. The molecule has 0 atom stereocenters. The van der Waals surface area contributed by atoms with Crippen molar-refractivity contribution in [1.82, 2.24) is 0 Å². The van der Waals surface area contributed by atoms with Gasteiger partial charge in [-0.05, 0) is 36.4 Å². The lowest BCUT2D eigenvalue weighted by Gasteiger charge is -2.10. The van der Waals surface area contributed by atoms with Crippen LogP contribution in [0.1, 0.15) is 10.4 Å². The molecule has 110 valence electrons. The van der Waals surface area contributed by atoms with Gasteiger partial charge in [-0.3, -0.25) is 0 Å². The van der Waals surface area contributed by atoms with E-state index in [0.717, 1.165) is 0 Å². The fourth-order valence-electron chi connectivity index (χ4n) is 1.77. The molecule has 0 saturated carbocycles. The molecular formula is C16H16O5. The third-order valence-electron chi connectivity index (χ3n) is 2.89. The van der Waals surface area contributed by atoms with Crippen molar-refractivity contribution in [1.29, 1.82) is 0 Å². The van der Waals surface area contributed by atoms with Gasteiger partial charge in [0.05, 0.1) is 26.9 Å². The Morgan fingerprint density at radius 1 is 0.762 bits per heavy atom. The zero-order chi connectivity index (χ0) is 15.2. The summed E-state index contributed by atoms with van der Waals surface area (Å²) < 4.78 is 20.6. The molecule has 0 aliphatic carbocycles. The predicted molar refractivity (Wildman–Crippen MR) is 77.5 cm³/mol. The number of carbonyl (C=O) groups is 1. The van der Waals surface area contributed by atoms with Crippen LogP contribution >= 0.6 is 0 Å². The highest BCUT2D eigenvalue weighted by Gasteiger charge is 2.11. The number of benzene rings is 2. The van der Waals surface area contributed by atoms with Crippen molar-refractivity contribution in [2.45, 2.75) is 0 Å². The Balaban J connectivity index is 2.14. The quantitative estimate of drug-likeness (QED) is 0.625. The highest BCUT2D eigenvalue weighted by molar-refractivity contribution is 5.91. The Labute approximate surface area is 123 Å². The summed E-state index contributed by atoms with van der Waals surface area (Å²) in [5, 5.41) is 0. The van der Waals surface area contributed by atoms with Crippen molar-refractivity contribution in [2.24, 2.45) is 0 Å². The van der Waals surface area contributed by atoms with Crippen LogP contribution in [0.4, 0.5) is 0 Å². The van der Waals surface area contributed by atoms with Crippen LogP contribution in [-0.2, 0) is 0 Å². The van der Waals surface area contributed by atoms with Gasteiger partial charge in [0.15, 0.2) is 11.5 Å². The first-order chi connectivity index (χ1) is 10.2. The maximum absolute atomic E-state index is 12.0. The van der Waals surface area contributed by atoms with E-state index in [4.69, 9.17) is 18.9 Å². The Morgan fingerprint density at radius 2 is 1.38 bits per heavy atom. The van der Waals surface area contributed by atoms with Gasteiger partial charge in [0.2, 0.25) is 0 Å². The average Bonchev–Trinajstić information content (AvgIpc) is 2.54. The van der Waals surface area contributed by atoms with Crippen LogP contribution in [0.3, 0.4) is 0 Å². The van der Waals surface area contributed by atoms with Gasteiger partial charge in [-0.15, -0.1) is 0 Å². The van der Waals surface area contributed by atoms with E-state index in [1.807, 2.05) is 0 Å². The smallest absolute Gasteiger partial charge is 0.343 e. The summed E-state index contributed by atoms with van der Waals surface area (Å²) in [5.74, 6) is 1.68. The second-order valence-corrected chi connectivity index (χ2v) is 4.13. The molecule has 5 heteroatoms. The first-order valence-electron chi connectivity index (χ1n) is 6.26. The zero-order valence-electron chi connectivity index (χ0n) is 12.1. The maximum Gasteiger partial charge on any atom is 0.343 e. The van der Waals surface area contributed by atoms with Gasteiger partial charge in [0.1, 0.15) is 11.5 Å². The lowest BCUT2D eigenvalue weighted by Crippen LogP contribution is -2.08. The standard InChI is InChI=1S/C16H16O5/c1-18-12-6-4-11(5-7-12)16(17)21-13-8-9-14(19-2)15(10-13)20-3/h4-10H,1-3H3. The van der Waals surface area contributed by atoms with Crippen molar-refractivity contribution >= 4 is 5.97 Å². The minimum Gasteiger partial charge on any atom is -0.497 e. The normalized spacial score (nSPS) is 9.86. The van der Waals surface area contributed by atoms with Gasteiger partial charge >= 0.3 is 5.97 Å². The SMILES string of the molecule is COc1ccc(C(=O)Oc2ccc(OC)c(OC)c2)cc1. The molecule has 0 fully saturated rings. The molecule has 2 rings (SSSR count). The number of hydrogen-bond acceptors (Lipinski definition) is 5. The highest BCUT2D eigenvalue weighted by Crippen LogP contribution is 2.31. The summed E-state index contributed by atoms with van der Waals surface area (Å²) in [7, 11) is 4.63. The number of ether oxygens (including phenoxy) is 4. The van der Waals surface area contributed by atoms with E-state index in [-0.39, 0.29) is 0 Å². The van der Waals surface area contributed by atoms with Crippen LogP contribution < -0.4 is 18.9 Å². The molecule has 2 aromatic rings. The van der Waals surface area contributed by atoms with Crippen LogP contribution in [0.25, 0.3) is 0 Å². The van der Waals surface area contributed by atoms with Gasteiger partial charge < -0.3 is 18.9 Å². The first kappa shape index (κ1) is 14.7. The summed E-state index contributed by atoms with van der Waals surface area (Å²) in [6.45, 7) is 0. The molecule has 0 N–H and O–H groups in total. The van der Waals surface area contributed by atoms with Crippen LogP contribution in [0, 0.1) is 0 Å². The molecule has 0 spiro atoms. The molecule has 0 radical (unpaired) electrons. The molecule has 0 bridgehead atoms. The van der Waals surface area contributed by atoms with Crippen molar-refractivity contribution < 1.29 is 23.7 Å². The van der Waals surface area contributed by atoms with E-state index in [1.165, 1.54) is 7.11 Å². The molecule has 0 aromatic heterocycles. The summed E-state index contributed by atoms with van der Waals surface area (Å²) in [6, 6.07) is 11.6. The highest BCUT2D eigenvalue weighted by atomic mass is 16.5. The van der Waals surface area contributed by atoms with E-state index in [1.54, 1.807) is 56.7 Å². The molecular weight excluding hydrogens is 272 g/mol. The number of carbonyl (C=O) groups excluding carboxylic acids is 1. The molecule has 0 amide bonds. The monoisotopic (exact) mass is 288 g/mol. The van der Waals surface area contributed by atoms with E-state index >= 15 is 0 Å². The average molecular weight is 288 g/mol. The fraction of sp³-hybridized carbons (Fsp3) is 0.188. The van der Waals surface area contributed by atoms with Crippen molar-refractivity contribution in [3.05, 3.63) is 48.0 Å². The second-order valence-electron chi connectivity index (χ2n) is 4.13. The minimum absolute atomic E-state index is 0.383. The van der Waals surface area contributed by atoms with Crippen LogP contribution in [-0.4, -0.2) is 27.3 Å². The summed E-state index contributed by atoms with van der Waals surface area (Å²) in [6.07, 6.45) is 0. The van der Waals surface area contributed by atoms with Crippen molar-refractivity contribution in [3.8, 4) is 23.0 Å². The number of esters is 1. The third-order valence-corrected chi connectivity index (χ3v) is 2.89. The summed E-state index contributed by atoms with van der Waals surface area (Å²) in [5.41, 5.74) is 0.436. The van der Waals surface area contributed by atoms with Gasteiger partial charge in [0.25, 0.3) is 0 Å². The zero-order valence-corrected chi connectivity index (χ0v) is 12.1. The van der Waals surface area contributed by atoms with E-state index in [0.29, 0.717) is 28.6 Å². The fourth-order valence-corrected chi connectivity index (χ4v) is 1.77. The van der Waals surface area contributed by atoms with Gasteiger partial charge in [-0.2, -0.15) is 0 Å². The van der Waals surface area contributed by atoms with Crippen molar-refractivity contribution in [2.75, 3.05) is 21.3 Å². The van der Waals surface area contributed by atoms with E-state index in [2.05, 4.69) is 0 Å². The topological polar surface area (TPSA) is 54.0 Å². The maximum atomic E-state index is 12.0. The van der Waals surface area contributed by atoms with E-state index in [9.17, 15) is 4.79 Å². The van der Waals surface area contributed by atoms with Crippen molar-refractivity contribution in [3.63, 3.8) is 0 Å². The Hall–Kier alpha value is -2.69. The molecule has 0 unspecified atom stereocenters. The van der Waals surface area contributed by atoms with Crippen LogP contribution in [0.15, 0.2) is 42.5 Å². The van der Waals surface area contributed by atoms with Crippen LogP contribution in [0.2, 0.25) is 0 Å². The van der Waals surface area contributed by atoms with Gasteiger partial charge in [0, 0.05) is 6.07 Å². The Bertz CT molecular complexity index is 619. The third kappa shape index (κ3) is 3.45. The molecule has 0 heterocycles. The van der Waals surface area contributed by atoms with Gasteiger partial charge in [-0.25, -0.2) is 4.79 Å². The molecule has 0 aliphatic heterocycles. The van der Waals surface area contributed by atoms with E-state index < -0.39 is 5.97 Å². The molecule has 21 heavy (non-hydrogen) atoms. The number of rotatable bonds is 5. The largest absolute Gasteiger partial charge is 0.497 e. The molecule has 0 aliphatic rings.